The molecule has 6 rings (SSSR count). The van der Waals surface area contributed by atoms with Crippen molar-refractivity contribution in [1.29, 1.82) is 0 Å². The number of halogens is 3. The Balaban J connectivity index is 1.33. The number of piperidine rings is 1. The molecule has 234 valence electrons. The van der Waals surface area contributed by atoms with Crippen LogP contribution in [0.2, 0.25) is 5.02 Å². The first-order valence-electron chi connectivity index (χ1n) is 14.3. The molecule has 0 radical (unpaired) electrons. The van der Waals surface area contributed by atoms with E-state index in [1.165, 1.54) is 46.6 Å². The Hall–Kier alpha value is -4.20. The number of hydrogen-bond acceptors (Lipinski definition) is 9. The van der Waals surface area contributed by atoms with Gasteiger partial charge in [0.05, 0.1) is 17.7 Å². The zero-order valence-corrected chi connectivity index (χ0v) is 25.6. The molecule has 0 aliphatic carbocycles. The van der Waals surface area contributed by atoms with Crippen LogP contribution < -0.4 is 10.2 Å². The molecule has 2 saturated heterocycles. The number of hydrogen-bond donors (Lipinski definition) is 2. The van der Waals surface area contributed by atoms with Gasteiger partial charge in [0.1, 0.15) is 11.9 Å². The van der Waals surface area contributed by atoms with Gasteiger partial charge < -0.3 is 20.1 Å². The first kappa shape index (κ1) is 30.8. The van der Waals surface area contributed by atoms with Crippen LogP contribution in [0.4, 0.5) is 14.5 Å². The van der Waals surface area contributed by atoms with Crippen molar-refractivity contribution < 1.29 is 33.0 Å². The summed E-state index contributed by atoms with van der Waals surface area (Å²) in [6.45, 7) is 2.38. The highest BCUT2D eigenvalue weighted by atomic mass is 35.5. The van der Waals surface area contributed by atoms with Crippen molar-refractivity contribution in [2.24, 2.45) is 10.9 Å². The number of rotatable bonds is 8. The molecule has 2 fully saturated rings. The lowest BCUT2D eigenvalue weighted by molar-refractivity contribution is -0.139. The van der Waals surface area contributed by atoms with Gasteiger partial charge in [-0.05, 0) is 37.3 Å². The number of esters is 1. The number of alkyl halides is 1. The molecule has 1 aromatic heterocycles. The van der Waals surface area contributed by atoms with E-state index < -0.39 is 41.3 Å². The standard InChI is InChI=1S/C31H28ClF2N5O5S/c1-2-44-29(42)24-23(36-26(27-35-9-11-45-27)37-25(24)21-7-6-19(33)13-22(21)32)16-38-10-8-31(34)18(14-38)15-39(30(31)43)20-5-3-4-17(12-20)28(40)41/h3-7,9,11-13,18,25H,2,8,10,14-16H2,1H3,(H,36,37)(H,40,41)/t18-,25-,31+/m0/s1. The van der Waals surface area contributed by atoms with Crippen LogP contribution in [0.15, 0.2) is 70.3 Å². The number of thiazole rings is 1. The van der Waals surface area contributed by atoms with Crippen LogP contribution in [0.3, 0.4) is 0 Å². The Morgan fingerprint density at radius 2 is 2.07 bits per heavy atom. The van der Waals surface area contributed by atoms with Gasteiger partial charge in [-0.3, -0.25) is 14.7 Å². The lowest BCUT2D eigenvalue weighted by Crippen LogP contribution is -2.52. The summed E-state index contributed by atoms with van der Waals surface area (Å²) in [5, 5.41) is 15.1. The Bertz CT molecular complexity index is 1730. The molecular weight excluding hydrogens is 628 g/mol. The number of aromatic nitrogens is 1. The van der Waals surface area contributed by atoms with Crippen molar-refractivity contribution >= 4 is 52.3 Å². The van der Waals surface area contributed by atoms with E-state index in [-0.39, 0.29) is 55.4 Å². The number of carbonyl (C=O) groups is 3. The van der Waals surface area contributed by atoms with Gasteiger partial charge in [-0.15, -0.1) is 11.3 Å². The second-order valence-electron chi connectivity index (χ2n) is 10.9. The molecule has 2 N–H and O–H groups in total. The number of ether oxygens (including phenoxy) is 1. The van der Waals surface area contributed by atoms with E-state index in [2.05, 4.69) is 10.3 Å². The normalized spacial score (nSPS) is 23.4. The maximum Gasteiger partial charge on any atom is 0.338 e. The second kappa shape index (κ2) is 12.3. The third-order valence-corrected chi connectivity index (χ3v) is 9.33. The van der Waals surface area contributed by atoms with Gasteiger partial charge in [0.15, 0.2) is 16.5 Å². The number of fused-ring (bicyclic) bond motifs is 1. The topological polar surface area (TPSA) is 124 Å². The number of benzene rings is 2. The summed E-state index contributed by atoms with van der Waals surface area (Å²) in [6.07, 6.45) is 1.53. The smallest absolute Gasteiger partial charge is 0.338 e. The SMILES string of the molecule is CCOC(=O)C1=C(CN2CC[C@]3(F)C(=O)N(c4cccc(C(=O)O)c4)C[C@@H]3C2)NC(c2nccs2)=N[C@H]1c1ccc(F)cc1Cl. The van der Waals surface area contributed by atoms with E-state index in [9.17, 15) is 23.9 Å². The summed E-state index contributed by atoms with van der Waals surface area (Å²) in [4.78, 5) is 50.7. The largest absolute Gasteiger partial charge is 0.478 e. The number of anilines is 1. The second-order valence-corrected chi connectivity index (χ2v) is 12.2. The zero-order chi connectivity index (χ0) is 31.9. The maximum atomic E-state index is 16.3. The fourth-order valence-electron chi connectivity index (χ4n) is 6.05. The molecule has 14 heteroatoms. The third-order valence-electron chi connectivity index (χ3n) is 8.22. The van der Waals surface area contributed by atoms with E-state index in [1.54, 1.807) is 24.6 Å². The molecule has 3 aromatic rings. The van der Waals surface area contributed by atoms with Crippen LogP contribution in [-0.2, 0) is 14.3 Å². The number of aliphatic imine (C=N–C) groups is 1. The highest BCUT2D eigenvalue weighted by Gasteiger charge is 2.57. The predicted molar refractivity (Wildman–Crippen MR) is 164 cm³/mol. The third kappa shape index (κ3) is 5.83. The number of aromatic carboxylic acids is 1. The molecule has 45 heavy (non-hydrogen) atoms. The molecule has 10 nitrogen and oxygen atoms in total. The summed E-state index contributed by atoms with van der Waals surface area (Å²) < 4.78 is 35.7. The van der Waals surface area contributed by atoms with Crippen LogP contribution >= 0.6 is 22.9 Å². The number of amides is 1. The predicted octanol–water partition coefficient (Wildman–Crippen LogP) is 4.62. The maximum absolute atomic E-state index is 16.3. The van der Waals surface area contributed by atoms with Crippen LogP contribution in [0.1, 0.15) is 40.3 Å². The van der Waals surface area contributed by atoms with Crippen molar-refractivity contribution in [2.45, 2.75) is 25.1 Å². The van der Waals surface area contributed by atoms with Crippen molar-refractivity contribution in [2.75, 3.05) is 37.7 Å². The molecule has 0 saturated carbocycles. The van der Waals surface area contributed by atoms with Crippen LogP contribution in [-0.4, -0.2) is 77.1 Å². The van der Waals surface area contributed by atoms with E-state index >= 15 is 4.39 Å². The zero-order valence-electron chi connectivity index (χ0n) is 24.0. The summed E-state index contributed by atoms with van der Waals surface area (Å²) in [5.41, 5.74) is -0.775. The van der Waals surface area contributed by atoms with Gasteiger partial charge in [-0.1, -0.05) is 23.7 Å². The van der Waals surface area contributed by atoms with E-state index in [0.29, 0.717) is 27.8 Å². The number of carboxylic acids is 1. The van der Waals surface area contributed by atoms with Gasteiger partial charge in [0, 0.05) is 72.1 Å². The van der Waals surface area contributed by atoms with Gasteiger partial charge in [-0.2, -0.15) is 0 Å². The number of likely N-dealkylation sites (tertiary alicyclic amines) is 1. The number of amidine groups is 1. The first-order valence-corrected chi connectivity index (χ1v) is 15.5. The van der Waals surface area contributed by atoms with Crippen molar-refractivity contribution in [3.05, 3.63) is 92.3 Å². The van der Waals surface area contributed by atoms with E-state index in [1.807, 2.05) is 4.90 Å². The average Bonchev–Trinajstić information content (AvgIpc) is 3.64. The first-order chi connectivity index (χ1) is 21.6. The van der Waals surface area contributed by atoms with Crippen LogP contribution in [0, 0.1) is 11.7 Å². The number of carbonyl (C=O) groups excluding carboxylic acids is 2. The lowest BCUT2D eigenvalue weighted by Gasteiger charge is -2.38. The molecule has 3 aliphatic rings. The molecule has 4 heterocycles. The van der Waals surface area contributed by atoms with Gasteiger partial charge in [0.2, 0.25) is 0 Å². The van der Waals surface area contributed by atoms with Gasteiger partial charge in [-0.25, -0.2) is 23.4 Å². The number of nitrogens with zero attached hydrogens (tertiary/aromatic N) is 4. The van der Waals surface area contributed by atoms with Crippen molar-refractivity contribution in [3.8, 4) is 0 Å². The molecule has 0 spiro atoms. The van der Waals surface area contributed by atoms with E-state index in [0.717, 1.165) is 6.07 Å². The summed E-state index contributed by atoms with van der Waals surface area (Å²) in [6, 6.07) is 8.81. The number of nitrogens with one attached hydrogen (secondary N) is 1. The highest BCUT2D eigenvalue weighted by Crippen LogP contribution is 2.43. The number of carboxylic acid groups (broad SMARTS) is 1. The Kier molecular flexibility index (Phi) is 8.42. The fourth-order valence-corrected chi connectivity index (χ4v) is 6.91. The molecule has 3 atom stereocenters. The highest BCUT2D eigenvalue weighted by molar-refractivity contribution is 7.11. The quantitative estimate of drug-likeness (QED) is 0.337. The molecule has 0 unspecified atom stereocenters. The Morgan fingerprint density at radius 1 is 1.24 bits per heavy atom. The molecule has 1 amide bonds. The Labute approximate surface area is 266 Å². The molecular formula is C31H28ClF2N5O5S. The Morgan fingerprint density at radius 3 is 2.78 bits per heavy atom. The van der Waals surface area contributed by atoms with Crippen molar-refractivity contribution in [1.82, 2.24) is 15.2 Å². The minimum Gasteiger partial charge on any atom is -0.478 e. The van der Waals surface area contributed by atoms with Crippen LogP contribution in [0.25, 0.3) is 0 Å². The lowest BCUT2D eigenvalue weighted by atomic mass is 9.85. The molecule has 2 aromatic carbocycles. The summed E-state index contributed by atoms with van der Waals surface area (Å²) >= 11 is 7.80. The summed E-state index contributed by atoms with van der Waals surface area (Å²) in [5.74, 6) is -3.34. The monoisotopic (exact) mass is 655 g/mol. The fraction of sp³-hybridized carbons (Fsp3) is 0.323. The summed E-state index contributed by atoms with van der Waals surface area (Å²) in [7, 11) is 0. The van der Waals surface area contributed by atoms with Crippen molar-refractivity contribution in [3.63, 3.8) is 0 Å². The van der Waals surface area contributed by atoms with E-state index in [4.69, 9.17) is 21.3 Å². The average molecular weight is 656 g/mol. The minimum atomic E-state index is -2.12. The van der Waals surface area contributed by atoms with Crippen LogP contribution in [0.5, 0.6) is 0 Å². The van der Waals surface area contributed by atoms with Gasteiger partial charge >= 0.3 is 11.9 Å². The molecule has 3 aliphatic heterocycles. The molecule has 0 bridgehead atoms. The van der Waals surface area contributed by atoms with Gasteiger partial charge in [0.25, 0.3) is 5.91 Å². The minimum absolute atomic E-state index is 0.0000208.